The van der Waals surface area contributed by atoms with Crippen molar-refractivity contribution < 1.29 is 14.2 Å². The van der Waals surface area contributed by atoms with Gasteiger partial charge in [0.15, 0.2) is 5.96 Å². The zero-order chi connectivity index (χ0) is 15.1. The van der Waals surface area contributed by atoms with Gasteiger partial charge in [-0.3, -0.25) is 4.99 Å². The maximum atomic E-state index is 5.47. The number of methoxy groups -OCH3 is 1. The number of nitrogens with zero attached hydrogens (tertiary/aromatic N) is 1. The summed E-state index contributed by atoms with van der Waals surface area (Å²) in [7, 11) is 3.43. The monoisotopic (exact) mass is 417 g/mol. The van der Waals surface area contributed by atoms with Crippen LogP contribution in [0.2, 0.25) is 0 Å². The van der Waals surface area contributed by atoms with Crippen molar-refractivity contribution in [2.24, 2.45) is 4.99 Å². The first-order valence-corrected chi connectivity index (χ1v) is 7.36. The number of ether oxygens (including phenoxy) is 3. The second-order valence-corrected chi connectivity index (χ2v) is 4.58. The summed E-state index contributed by atoms with van der Waals surface area (Å²) in [6.45, 7) is 8.32. The molecule has 7 heteroatoms. The molecule has 0 aromatic carbocycles. The number of rotatable bonds is 12. The van der Waals surface area contributed by atoms with E-state index in [9.17, 15) is 0 Å². The highest BCUT2D eigenvalue weighted by Gasteiger charge is 2.03. The van der Waals surface area contributed by atoms with Crippen molar-refractivity contribution in [3.05, 3.63) is 0 Å². The average Bonchev–Trinajstić information content (AvgIpc) is 2.44. The van der Waals surface area contributed by atoms with Crippen molar-refractivity contribution in [3.63, 3.8) is 0 Å². The molecule has 0 bridgehead atoms. The Labute approximate surface area is 146 Å². The Bertz CT molecular complexity index is 244. The van der Waals surface area contributed by atoms with E-state index in [0.717, 1.165) is 19.0 Å². The van der Waals surface area contributed by atoms with Crippen LogP contribution in [0.4, 0.5) is 0 Å². The van der Waals surface area contributed by atoms with Crippen LogP contribution in [0.15, 0.2) is 4.99 Å². The van der Waals surface area contributed by atoms with Crippen molar-refractivity contribution in [2.75, 3.05) is 53.7 Å². The minimum atomic E-state index is 0. The number of aliphatic imine (C=N–C) groups is 1. The van der Waals surface area contributed by atoms with Gasteiger partial charge in [-0.25, -0.2) is 0 Å². The van der Waals surface area contributed by atoms with Gasteiger partial charge in [-0.2, -0.15) is 0 Å². The molecule has 0 amide bonds. The molecule has 2 N–H and O–H groups in total. The molecule has 0 aliphatic rings. The number of unbranched alkanes of at least 4 members (excludes halogenated alkanes) is 1. The zero-order valence-corrected chi connectivity index (χ0v) is 16.1. The summed E-state index contributed by atoms with van der Waals surface area (Å²) < 4.78 is 15.9. The number of hydrogen-bond donors (Lipinski definition) is 2. The standard InChI is InChI=1S/C14H31N3O3.HI/c1-5-6-8-19-10-11-20-9-7-16-14(15-3)17-13(2)12-18-4;/h13H,5-12H2,1-4H3,(H2,15,16,17);1H. The molecule has 0 rings (SSSR count). The molecule has 0 heterocycles. The molecule has 0 fully saturated rings. The van der Waals surface area contributed by atoms with E-state index in [0.29, 0.717) is 33.0 Å². The molecule has 0 saturated carbocycles. The van der Waals surface area contributed by atoms with Gasteiger partial charge in [0.2, 0.25) is 0 Å². The number of halogens is 1. The molecule has 6 nitrogen and oxygen atoms in total. The molecular formula is C14H32IN3O3. The molecule has 21 heavy (non-hydrogen) atoms. The minimum absolute atomic E-state index is 0. The normalized spacial score (nSPS) is 12.7. The first-order valence-electron chi connectivity index (χ1n) is 7.36. The van der Waals surface area contributed by atoms with Crippen LogP contribution in [0, 0.1) is 0 Å². The van der Waals surface area contributed by atoms with E-state index < -0.39 is 0 Å². The molecule has 1 atom stereocenters. The molecule has 0 aliphatic carbocycles. The quantitative estimate of drug-likeness (QED) is 0.219. The van der Waals surface area contributed by atoms with Gasteiger partial charge < -0.3 is 24.8 Å². The molecule has 0 aliphatic heterocycles. The molecule has 0 aromatic rings. The van der Waals surface area contributed by atoms with Gasteiger partial charge in [0, 0.05) is 33.4 Å². The van der Waals surface area contributed by atoms with Crippen molar-refractivity contribution in [2.45, 2.75) is 32.7 Å². The summed E-state index contributed by atoms with van der Waals surface area (Å²) in [5.41, 5.74) is 0. The predicted octanol–water partition coefficient (Wildman–Crippen LogP) is 1.64. The highest BCUT2D eigenvalue weighted by Crippen LogP contribution is 1.87. The van der Waals surface area contributed by atoms with Crippen LogP contribution >= 0.6 is 24.0 Å². The summed E-state index contributed by atoms with van der Waals surface area (Å²) in [5.74, 6) is 0.761. The van der Waals surface area contributed by atoms with Gasteiger partial charge in [-0.1, -0.05) is 13.3 Å². The first kappa shape index (κ1) is 23.2. The lowest BCUT2D eigenvalue weighted by atomic mass is 10.4. The van der Waals surface area contributed by atoms with Gasteiger partial charge in [0.25, 0.3) is 0 Å². The summed E-state index contributed by atoms with van der Waals surface area (Å²) >= 11 is 0. The fourth-order valence-corrected chi connectivity index (χ4v) is 1.53. The van der Waals surface area contributed by atoms with Gasteiger partial charge in [0.05, 0.1) is 26.4 Å². The Morgan fingerprint density at radius 2 is 1.81 bits per heavy atom. The maximum Gasteiger partial charge on any atom is 0.191 e. The summed E-state index contributed by atoms with van der Waals surface area (Å²) in [6.07, 6.45) is 2.28. The predicted molar refractivity (Wildman–Crippen MR) is 97.8 cm³/mol. The van der Waals surface area contributed by atoms with Crippen LogP contribution < -0.4 is 10.6 Å². The third-order valence-electron chi connectivity index (χ3n) is 2.58. The van der Waals surface area contributed by atoms with Crippen LogP contribution in [0.1, 0.15) is 26.7 Å². The Morgan fingerprint density at radius 1 is 1.14 bits per heavy atom. The second-order valence-electron chi connectivity index (χ2n) is 4.58. The average molecular weight is 417 g/mol. The smallest absolute Gasteiger partial charge is 0.191 e. The van der Waals surface area contributed by atoms with Crippen LogP contribution in [-0.4, -0.2) is 65.7 Å². The SMILES string of the molecule is CCCCOCCOCCNC(=NC)NC(C)COC.I. The van der Waals surface area contributed by atoms with Gasteiger partial charge >= 0.3 is 0 Å². The van der Waals surface area contributed by atoms with Crippen LogP contribution in [0.5, 0.6) is 0 Å². The second kappa shape index (κ2) is 17.9. The third kappa shape index (κ3) is 16.1. The molecule has 0 spiro atoms. The van der Waals surface area contributed by atoms with E-state index in [2.05, 4.69) is 22.5 Å². The summed E-state index contributed by atoms with van der Waals surface area (Å²) in [5, 5.41) is 6.41. The van der Waals surface area contributed by atoms with Crippen molar-refractivity contribution in [1.82, 2.24) is 10.6 Å². The van der Waals surface area contributed by atoms with Crippen LogP contribution in [-0.2, 0) is 14.2 Å². The number of nitrogens with one attached hydrogen (secondary N) is 2. The van der Waals surface area contributed by atoms with Gasteiger partial charge in [0.1, 0.15) is 0 Å². The Kier molecular flexibility index (Phi) is 19.8. The topological polar surface area (TPSA) is 64.1 Å². The molecular weight excluding hydrogens is 385 g/mol. The lowest BCUT2D eigenvalue weighted by molar-refractivity contribution is 0.0487. The van der Waals surface area contributed by atoms with Gasteiger partial charge in [-0.15, -0.1) is 24.0 Å². The lowest BCUT2D eigenvalue weighted by Gasteiger charge is -2.17. The fraction of sp³-hybridized carbons (Fsp3) is 0.929. The Hall–Kier alpha value is -0.120. The van der Waals surface area contributed by atoms with E-state index in [-0.39, 0.29) is 30.0 Å². The van der Waals surface area contributed by atoms with Gasteiger partial charge in [-0.05, 0) is 13.3 Å². The highest BCUT2D eigenvalue weighted by molar-refractivity contribution is 14.0. The van der Waals surface area contributed by atoms with E-state index in [1.165, 1.54) is 6.42 Å². The maximum absolute atomic E-state index is 5.47. The Balaban J connectivity index is 0. The highest BCUT2D eigenvalue weighted by atomic mass is 127. The third-order valence-corrected chi connectivity index (χ3v) is 2.58. The largest absolute Gasteiger partial charge is 0.383 e. The minimum Gasteiger partial charge on any atom is -0.383 e. The number of guanidine groups is 1. The summed E-state index contributed by atoms with van der Waals surface area (Å²) in [6, 6.07) is 0.221. The molecule has 0 radical (unpaired) electrons. The molecule has 0 aromatic heterocycles. The molecule has 128 valence electrons. The van der Waals surface area contributed by atoms with E-state index in [1.807, 2.05) is 6.92 Å². The zero-order valence-electron chi connectivity index (χ0n) is 13.8. The van der Waals surface area contributed by atoms with Crippen molar-refractivity contribution in [3.8, 4) is 0 Å². The number of hydrogen-bond acceptors (Lipinski definition) is 4. The first-order chi connectivity index (χ1) is 9.74. The van der Waals surface area contributed by atoms with Crippen LogP contribution in [0.3, 0.4) is 0 Å². The molecule has 1 unspecified atom stereocenters. The van der Waals surface area contributed by atoms with Crippen LogP contribution in [0.25, 0.3) is 0 Å². The van der Waals surface area contributed by atoms with E-state index in [4.69, 9.17) is 14.2 Å². The summed E-state index contributed by atoms with van der Waals surface area (Å²) in [4.78, 5) is 4.14. The van der Waals surface area contributed by atoms with E-state index in [1.54, 1.807) is 14.2 Å². The Morgan fingerprint density at radius 3 is 2.38 bits per heavy atom. The van der Waals surface area contributed by atoms with Crippen molar-refractivity contribution in [1.29, 1.82) is 0 Å². The van der Waals surface area contributed by atoms with E-state index >= 15 is 0 Å². The van der Waals surface area contributed by atoms with Crippen molar-refractivity contribution >= 4 is 29.9 Å². The lowest BCUT2D eigenvalue weighted by Crippen LogP contribution is -2.44. The molecule has 0 saturated heterocycles. The fourth-order valence-electron chi connectivity index (χ4n) is 1.53.